The van der Waals surface area contributed by atoms with Crippen LogP contribution in [0, 0.1) is 0 Å². The molecule has 0 spiro atoms. The number of carbonyl (C=O) groups excluding carboxylic acids is 2. The Kier molecular flexibility index (Phi) is 9.08. The Balaban J connectivity index is 1.82. The van der Waals surface area contributed by atoms with E-state index < -0.39 is 11.8 Å². The summed E-state index contributed by atoms with van der Waals surface area (Å²) in [4.78, 5) is 24.1. The van der Waals surface area contributed by atoms with Crippen LogP contribution in [0.3, 0.4) is 0 Å². The van der Waals surface area contributed by atoms with Crippen molar-refractivity contribution in [3.8, 4) is 11.5 Å². The Morgan fingerprint density at radius 2 is 1.68 bits per heavy atom. The van der Waals surface area contributed by atoms with Gasteiger partial charge in [0.05, 0.1) is 15.6 Å². The molecular formula is C19H19Br2ClN2O4. The first-order valence-electron chi connectivity index (χ1n) is 8.50. The number of carbonyl (C=O) groups is 2. The number of hydrazine groups is 1. The standard InChI is InChI=1S/C19H19Br2ClN2O4/c1-2-3-8-27-16-6-4-12(9-14(16)20)19(26)24-23-18(25)11-28-17-7-5-13(22)10-15(17)21/h4-7,9-10H,2-3,8,11H2,1H3,(H,23,25)(H,24,26). The van der Waals surface area contributed by atoms with Crippen LogP contribution in [0.15, 0.2) is 45.3 Å². The minimum atomic E-state index is -0.506. The van der Waals surface area contributed by atoms with Gasteiger partial charge >= 0.3 is 0 Å². The number of nitrogens with one attached hydrogen (secondary N) is 2. The molecule has 0 atom stereocenters. The number of hydrogen-bond donors (Lipinski definition) is 2. The minimum Gasteiger partial charge on any atom is -0.492 e. The molecule has 2 aromatic carbocycles. The maximum atomic E-state index is 12.2. The van der Waals surface area contributed by atoms with Crippen molar-refractivity contribution in [3.63, 3.8) is 0 Å². The van der Waals surface area contributed by atoms with Gasteiger partial charge in [0.25, 0.3) is 11.8 Å². The predicted molar refractivity (Wildman–Crippen MR) is 115 cm³/mol. The molecule has 0 saturated heterocycles. The van der Waals surface area contributed by atoms with E-state index in [9.17, 15) is 9.59 Å². The maximum absolute atomic E-state index is 12.2. The van der Waals surface area contributed by atoms with Gasteiger partial charge in [0.15, 0.2) is 6.61 Å². The third-order valence-electron chi connectivity index (χ3n) is 3.52. The lowest BCUT2D eigenvalue weighted by Crippen LogP contribution is -2.43. The fraction of sp³-hybridized carbons (Fsp3) is 0.263. The number of benzene rings is 2. The summed E-state index contributed by atoms with van der Waals surface area (Å²) in [6.45, 7) is 2.42. The molecule has 9 heteroatoms. The van der Waals surface area contributed by atoms with Crippen molar-refractivity contribution in [2.75, 3.05) is 13.2 Å². The second kappa shape index (κ2) is 11.3. The summed E-state index contributed by atoms with van der Waals surface area (Å²) in [5, 5.41) is 0.545. The van der Waals surface area contributed by atoms with E-state index >= 15 is 0 Å². The van der Waals surface area contributed by atoms with Crippen LogP contribution in [-0.2, 0) is 4.79 Å². The number of halogens is 3. The minimum absolute atomic E-state index is 0.269. The van der Waals surface area contributed by atoms with Gasteiger partial charge in [-0.15, -0.1) is 0 Å². The smallest absolute Gasteiger partial charge is 0.276 e. The lowest BCUT2D eigenvalue weighted by molar-refractivity contribution is -0.123. The van der Waals surface area contributed by atoms with Gasteiger partial charge in [0, 0.05) is 10.6 Å². The molecule has 28 heavy (non-hydrogen) atoms. The topological polar surface area (TPSA) is 76.7 Å². The Morgan fingerprint density at radius 1 is 1.00 bits per heavy atom. The van der Waals surface area contributed by atoms with Gasteiger partial charge in [-0.2, -0.15) is 0 Å². The first-order valence-corrected chi connectivity index (χ1v) is 10.5. The normalized spacial score (nSPS) is 10.3. The van der Waals surface area contributed by atoms with Crippen molar-refractivity contribution >= 4 is 55.3 Å². The van der Waals surface area contributed by atoms with Crippen LogP contribution in [0.1, 0.15) is 30.1 Å². The highest BCUT2D eigenvalue weighted by Gasteiger charge is 2.11. The van der Waals surface area contributed by atoms with Crippen molar-refractivity contribution < 1.29 is 19.1 Å². The third kappa shape index (κ3) is 7.00. The molecule has 0 heterocycles. The van der Waals surface area contributed by atoms with Crippen molar-refractivity contribution in [2.24, 2.45) is 0 Å². The summed E-state index contributed by atoms with van der Waals surface area (Å²) >= 11 is 12.5. The number of ether oxygens (including phenoxy) is 2. The van der Waals surface area contributed by atoms with Crippen molar-refractivity contribution in [2.45, 2.75) is 19.8 Å². The third-order valence-corrected chi connectivity index (χ3v) is 4.99. The Labute approximate surface area is 185 Å². The van der Waals surface area contributed by atoms with E-state index in [1.807, 2.05) is 0 Å². The van der Waals surface area contributed by atoms with Crippen LogP contribution in [-0.4, -0.2) is 25.0 Å². The summed E-state index contributed by atoms with van der Waals surface area (Å²) in [5.74, 6) is 0.167. The van der Waals surface area contributed by atoms with E-state index in [0.717, 1.165) is 12.8 Å². The lowest BCUT2D eigenvalue weighted by atomic mass is 10.2. The van der Waals surface area contributed by atoms with Crippen molar-refractivity contribution in [1.29, 1.82) is 0 Å². The van der Waals surface area contributed by atoms with Crippen LogP contribution in [0.25, 0.3) is 0 Å². The number of hydrogen-bond acceptors (Lipinski definition) is 4. The van der Waals surface area contributed by atoms with Crippen LogP contribution in [0.4, 0.5) is 0 Å². The zero-order valence-corrected chi connectivity index (χ0v) is 19.0. The van der Waals surface area contributed by atoms with Crippen LogP contribution >= 0.6 is 43.5 Å². The molecule has 6 nitrogen and oxygen atoms in total. The second-order valence-electron chi connectivity index (χ2n) is 5.71. The largest absolute Gasteiger partial charge is 0.492 e. The Bertz CT molecular complexity index is 849. The zero-order chi connectivity index (χ0) is 20.5. The lowest BCUT2D eigenvalue weighted by Gasteiger charge is -2.11. The molecule has 2 N–H and O–H groups in total. The molecule has 2 aromatic rings. The maximum Gasteiger partial charge on any atom is 0.276 e. The molecule has 0 unspecified atom stereocenters. The molecule has 0 radical (unpaired) electrons. The van der Waals surface area contributed by atoms with Crippen molar-refractivity contribution in [1.82, 2.24) is 10.9 Å². The molecule has 0 aliphatic rings. The van der Waals surface area contributed by atoms with E-state index in [2.05, 4.69) is 49.6 Å². The Hall–Kier alpha value is -1.77. The van der Waals surface area contributed by atoms with E-state index in [-0.39, 0.29) is 6.61 Å². The van der Waals surface area contributed by atoms with E-state index in [1.54, 1.807) is 36.4 Å². The quantitative estimate of drug-likeness (QED) is 0.374. The first kappa shape index (κ1) is 22.5. The molecule has 0 aromatic heterocycles. The fourth-order valence-electron chi connectivity index (χ4n) is 2.06. The predicted octanol–water partition coefficient (Wildman–Crippen LogP) is 4.88. The van der Waals surface area contributed by atoms with Gasteiger partial charge in [-0.25, -0.2) is 0 Å². The summed E-state index contributed by atoms with van der Waals surface area (Å²) < 4.78 is 12.3. The molecule has 0 fully saturated rings. The summed E-state index contributed by atoms with van der Waals surface area (Å²) in [5.41, 5.74) is 5.02. The molecule has 0 saturated carbocycles. The van der Waals surface area contributed by atoms with Crippen LogP contribution < -0.4 is 20.3 Å². The molecule has 0 aliphatic carbocycles. The highest BCUT2D eigenvalue weighted by Crippen LogP contribution is 2.28. The van der Waals surface area contributed by atoms with Crippen LogP contribution in [0.5, 0.6) is 11.5 Å². The number of rotatable bonds is 8. The van der Waals surface area contributed by atoms with Gasteiger partial charge in [-0.1, -0.05) is 24.9 Å². The van der Waals surface area contributed by atoms with Crippen molar-refractivity contribution in [3.05, 3.63) is 55.9 Å². The average Bonchev–Trinajstić information content (AvgIpc) is 2.66. The number of amides is 2. The van der Waals surface area contributed by atoms with E-state index in [0.29, 0.717) is 37.6 Å². The van der Waals surface area contributed by atoms with Crippen LogP contribution in [0.2, 0.25) is 5.02 Å². The molecule has 2 rings (SSSR count). The highest BCUT2D eigenvalue weighted by molar-refractivity contribution is 9.10. The molecule has 0 aliphatic heterocycles. The summed E-state index contributed by atoms with van der Waals surface area (Å²) in [6.07, 6.45) is 1.99. The summed E-state index contributed by atoms with van der Waals surface area (Å²) in [6, 6.07) is 9.90. The summed E-state index contributed by atoms with van der Waals surface area (Å²) in [7, 11) is 0. The molecule has 2 amide bonds. The number of unbranched alkanes of at least 4 members (excludes halogenated alkanes) is 1. The monoisotopic (exact) mass is 532 g/mol. The van der Waals surface area contributed by atoms with Gasteiger partial charge in [0.2, 0.25) is 0 Å². The first-order chi connectivity index (χ1) is 13.4. The zero-order valence-electron chi connectivity index (χ0n) is 15.1. The highest BCUT2D eigenvalue weighted by atomic mass is 79.9. The van der Waals surface area contributed by atoms with Gasteiger partial charge < -0.3 is 9.47 Å². The average molecular weight is 535 g/mol. The Morgan fingerprint density at radius 3 is 2.36 bits per heavy atom. The second-order valence-corrected chi connectivity index (χ2v) is 7.86. The van der Waals surface area contributed by atoms with Gasteiger partial charge in [0.1, 0.15) is 11.5 Å². The molecular weight excluding hydrogens is 515 g/mol. The fourth-order valence-corrected chi connectivity index (χ4v) is 3.35. The van der Waals surface area contributed by atoms with E-state index in [4.69, 9.17) is 21.1 Å². The van der Waals surface area contributed by atoms with E-state index in [1.165, 1.54) is 0 Å². The molecule has 150 valence electrons. The van der Waals surface area contributed by atoms with Gasteiger partial charge in [-0.3, -0.25) is 20.4 Å². The SMILES string of the molecule is CCCCOc1ccc(C(=O)NNC(=O)COc2ccc(Cl)cc2Br)cc1Br. The molecule has 0 bridgehead atoms. The van der Waals surface area contributed by atoms with Gasteiger partial charge in [-0.05, 0) is 74.7 Å².